The fraction of sp³-hybridized carbons (Fsp3) is 0.381. The number of benzene rings is 2. The average molecular weight is 490 g/mol. The van der Waals surface area contributed by atoms with Crippen LogP contribution in [0.25, 0.3) is 0 Å². The van der Waals surface area contributed by atoms with Gasteiger partial charge in [-0.15, -0.1) is 0 Å². The number of piperidine rings is 1. The molecule has 0 unspecified atom stereocenters. The summed E-state index contributed by atoms with van der Waals surface area (Å²) in [4.78, 5) is 13.0. The van der Waals surface area contributed by atoms with Crippen molar-refractivity contribution in [3.63, 3.8) is 0 Å². The molecule has 0 spiro atoms. The second-order valence-electron chi connectivity index (χ2n) is 7.35. The van der Waals surface area contributed by atoms with E-state index in [4.69, 9.17) is 4.74 Å². The molecule has 0 atom stereocenters. The monoisotopic (exact) mass is 490 g/mol. The molecule has 0 bridgehead atoms. The number of sulfonamides is 1. The van der Waals surface area contributed by atoms with E-state index in [9.17, 15) is 30.8 Å². The van der Waals surface area contributed by atoms with Gasteiger partial charge in [0.1, 0.15) is 16.8 Å². The van der Waals surface area contributed by atoms with E-state index in [1.165, 1.54) is 19.2 Å². The lowest BCUT2D eigenvalue weighted by molar-refractivity contribution is -0.137. The van der Waals surface area contributed by atoms with Gasteiger partial charge in [0.05, 0.1) is 36.7 Å². The van der Waals surface area contributed by atoms with Gasteiger partial charge in [-0.2, -0.15) is 13.2 Å². The zero-order valence-electron chi connectivity index (χ0n) is 17.8. The first kappa shape index (κ1) is 24.6. The lowest BCUT2D eigenvalue weighted by Gasteiger charge is -2.32. The molecule has 0 amide bonds. The summed E-state index contributed by atoms with van der Waals surface area (Å²) < 4.78 is 91.8. The predicted octanol–water partition coefficient (Wildman–Crippen LogP) is 4.24. The standard InChI is InChI=1S/C21H22F4N2O5S/c1-31-18-6-3-13(20(28)32-2)11-19(18)33(29,30)26-16-12-14(21(23,24)25)4-5-17(16)27-9-7-15(22)8-10-27/h3-6,11-12,15,26H,7-10H2,1-2H3. The molecular formula is C21H22F4N2O5S. The van der Waals surface area contributed by atoms with Crippen LogP contribution in [0, 0.1) is 0 Å². The first-order chi connectivity index (χ1) is 15.5. The maximum Gasteiger partial charge on any atom is 0.416 e. The van der Waals surface area contributed by atoms with Crippen molar-refractivity contribution in [1.29, 1.82) is 0 Å². The average Bonchev–Trinajstić information content (AvgIpc) is 2.78. The van der Waals surface area contributed by atoms with Gasteiger partial charge < -0.3 is 14.4 Å². The van der Waals surface area contributed by atoms with E-state index in [0.29, 0.717) is 6.07 Å². The molecule has 0 aliphatic carbocycles. The van der Waals surface area contributed by atoms with Gasteiger partial charge >= 0.3 is 12.1 Å². The Bertz CT molecular complexity index is 1130. The second kappa shape index (κ2) is 9.46. The molecule has 0 aromatic heterocycles. The van der Waals surface area contributed by atoms with E-state index in [-0.39, 0.29) is 48.6 Å². The van der Waals surface area contributed by atoms with Gasteiger partial charge in [-0.25, -0.2) is 17.6 Å². The van der Waals surface area contributed by atoms with Crippen LogP contribution in [0.15, 0.2) is 41.3 Å². The van der Waals surface area contributed by atoms with Gasteiger partial charge in [0, 0.05) is 13.1 Å². The zero-order chi connectivity index (χ0) is 24.4. The number of nitrogens with zero attached hydrogens (tertiary/aromatic N) is 1. The van der Waals surface area contributed by atoms with E-state index in [0.717, 1.165) is 25.3 Å². The van der Waals surface area contributed by atoms with Crippen LogP contribution in [0.1, 0.15) is 28.8 Å². The van der Waals surface area contributed by atoms with Gasteiger partial charge in [0.25, 0.3) is 10.0 Å². The summed E-state index contributed by atoms with van der Waals surface area (Å²) in [5.41, 5.74) is -1.29. The number of hydrogen-bond acceptors (Lipinski definition) is 6. The van der Waals surface area contributed by atoms with Crippen molar-refractivity contribution in [2.45, 2.75) is 30.1 Å². The smallest absolute Gasteiger partial charge is 0.416 e. The fourth-order valence-corrected chi connectivity index (χ4v) is 4.75. The number of anilines is 2. The summed E-state index contributed by atoms with van der Waals surface area (Å²) in [5.74, 6) is -0.926. The predicted molar refractivity (Wildman–Crippen MR) is 113 cm³/mol. The maximum absolute atomic E-state index is 13.6. The lowest BCUT2D eigenvalue weighted by atomic mass is 10.1. The molecule has 1 aliphatic heterocycles. The van der Waals surface area contributed by atoms with Crippen LogP contribution in [0.2, 0.25) is 0 Å². The number of carbonyl (C=O) groups excluding carboxylic acids is 1. The molecule has 1 aliphatic rings. The fourth-order valence-electron chi connectivity index (χ4n) is 3.49. The Morgan fingerprint density at radius 2 is 1.76 bits per heavy atom. The Balaban J connectivity index is 2.07. The van der Waals surface area contributed by atoms with Crippen LogP contribution < -0.4 is 14.4 Å². The topological polar surface area (TPSA) is 84.9 Å². The summed E-state index contributed by atoms with van der Waals surface area (Å²) in [5, 5.41) is 0. The number of alkyl halides is 4. The molecule has 3 rings (SSSR count). The second-order valence-corrected chi connectivity index (χ2v) is 9.00. The van der Waals surface area contributed by atoms with Crippen molar-refractivity contribution in [2.75, 3.05) is 36.9 Å². The highest BCUT2D eigenvalue weighted by Gasteiger charge is 2.33. The Labute approximate surface area is 188 Å². The molecule has 0 saturated carbocycles. The quantitative estimate of drug-likeness (QED) is 0.482. The Morgan fingerprint density at radius 3 is 2.33 bits per heavy atom. The molecule has 1 saturated heterocycles. The molecule has 2 aromatic carbocycles. The maximum atomic E-state index is 13.6. The number of methoxy groups -OCH3 is 2. The van der Waals surface area contributed by atoms with Crippen molar-refractivity contribution < 1.29 is 40.2 Å². The Kier molecular flexibility index (Phi) is 7.06. The number of nitrogens with one attached hydrogen (secondary N) is 1. The van der Waals surface area contributed by atoms with E-state index in [1.54, 1.807) is 4.90 Å². The van der Waals surface area contributed by atoms with E-state index in [2.05, 4.69) is 9.46 Å². The zero-order valence-corrected chi connectivity index (χ0v) is 18.6. The molecule has 1 N–H and O–H groups in total. The first-order valence-electron chi connectivity index (χ1n) is 9.85. The molecule has 33 heavy (non-hydrogen) atoms. The first-order valence-corrected chi connectivity index (χ1v) is 11.3. The van der Waals surface area contributed by atoms with Crippen LogP contribution in [0.5, 0.6) is 5.75 Å². The van der Waals surface area contributed by atoms with Crippen molar-refractivity contribution in [2.24, 2.45) is 0 Å². The minimum absolute atomic E-state index is 0.0899. The van der Waals surface area contributed by atoms with Crippen LogP contribution in [-0.2, 0) is 20.9 Å². The van der Waals surface area contributed by atoms with Crippen LogP contribution in [0.4, 0.5) is 28.9 Å². The lowest BCUT2D eigenvalue weighted by Crippen LogP contribution is -2.35. The SMILES string of the molecule is COC(=O)c1ccc(OC)c(S(=O)(=O)Nc2cc(C(F)(F)F)ccc2N2CCC(F)CC2)c1. The summed E-state index contributed by atoms with van der Waals surface area (Å²) in [6.07, 6.45) is -5.40. The molecular weight excluding hydrogens is 468 g/mol. The Hall–Kier alpha value is -3.02. The summed E-state index contributed by atoms with van der Waals surface area (Å²) in [7, 11) is -2.17. The third-order valence-electron chi connectivity index (χ3n) is 5.21. The minimum Gasteiger partial charge on any atom is -0.495 e. The van der Waals surface area contributed by atoms with Crippen molar-refractivity contribution in [3.8, 4) is 5.75 Å². The number of rotatable bonds is 6. The van der Waals surface area contributed by atoms with E-state index in [1.807, 2.05) is 0 Å². The van der Waals surface area contributed by atoms with Gasteiger partial charge in [0.2, 0.25) is 0 Å². The van der Waals surface area contributed by atoms with Crippen molar-refractivity contribution >= 4 is 27.4 Å². The van der Waals surface area contributed by atoms with Gasteiger partial charge in [-0.05, 0) is 49.2 Å². The van der Waals surface area contributed by atoms with Gasteiger partial charge in [0.15, 0.2) is 0 Å². The van der Waals surface area contributed by atoms with E-state index >= 15 is 0 Å². The van der Waals surface area contributed by atoms with Crippen LogP contribution >= 0.6 is 0 Å². The molecule has 1 fully saturated rings. The summed E-state index contributed by atoms with van der Waals surface area (Å²) >= 11 is 0. The number of halogens is 4. The largest absolute Gasteiger partial charge is 0.495 e. The van der Waals surface area contributed by atoms with Gasteiger partial charge in [-0.1, -0.05) is 0 Å². The normalized spacial score (nSPS) is 15.3. The highest BCUT2D eigenvalue weighted by atomic mass is 32.2. The minimum atomic E-state index is -4.72. The number of carbonyl (C=O) groups is 1. The summed E-state index contributed by atoms with van der Waals surface area (Å²) in [6.45, 7) is 0.421. The van der Waals surface area contributed by atoms with E-state index < -0.39 is 38.8 Å². The third-order valence-corrected chi connectivity index (χ3v) is 6.59. The molecule has 2 aromatic rings. The molecule has 12 heteroatoms. The number of ether oxygens (including phenoxy) is 2. The molecule has 0 radical (unpaired) electrons. The van der Waals surface area contributed by atoms with Crippen LogP contribution in [-0.4, -0.2) is 47.9 Å². The van der Waals surface area contributed by atoms with Gasteiger partial charge in [-0.3, -0.25) is 4.72 Å². The highest BCUT2D eigenvalue weighted by Crippen LogP contribution is 2.38. The number of hydrogen-bond donors (Lipinski definition) is 1. The highest BCUT2D eigenvalue weighted by molar-refractivity contribution is 7.92. The molecule has 180 valence electrons. The third kappa shape index (κ3) is 5.49. The molecule has 1 heterocycles. The van der Waals surface area contributed by atoms with Crippen LogP contribution in [0.3, 0.4) is 0 Å². The summed E-state index contributed by atoms with van der Waals surface area (Å²) in [6, 6.07) is 6.22. The van der Waals surface area contributed by atoms with Crippen molar-refractivity contribution in [3.05, 3.63) is 47.5 Å². The molecule has 7 nitrogen and oxygen atoms in total. The number of esters is 1. The Morgan fingerprint density at radius 1 is 1.09 bits per heavy atom. The van der Waals surface area contributed by atoms with Crippen molar-refractivity contribution in [1.82, 2.24) is 0 Å².